The largest absolute Gasteiger partial charge is 0.494 e. The lowest BCUT2D eigenvalue weighted by atomic mass is 9.81. The first kappa shape index (κ1) is 15.8. The number of carboxylic acids is 1. The molecular weight excluding hydrogens is 266 g/mol. The van der Waals surface area contributed by atoms with Crippen LogP contribution in [-0.4, -0.2) is 35.7 Å². The van der Waals surface area contributed by atoms with Gasteiger partial charge in [0, 0.05) is 12.6 Å². The van der Waals surface area contributed by atoms with Gasteiger partial charge < -0.3 is 9.84 Å². The van der Waals surface area contributed by atoms with Crippen molar-refractivity contribution in [2.45, 2.75) is 39.7 Å². The normalized spacial score (nSPS) is 24.5. The first-order valence-corrected chi connectivity index (χ1v) is 7.66. The van der Waals surface area contributed by atoms with Crippen LogP contribution in [0.2, 0.25) is 0 Å². The van der Waals surface area contributed by atoms with Gasteiger partial charge in [0.2, 0.25) is 0 Å². The summed E-state index contributed by atoms with van der Waals surface area (Å²) < 4.78 is 5.46. The van der Waals surface area contributed by atoms with Crippen LogP contribution >= 0.6 is 0 Å². The van der Waals surface area contributed by atoms with Gasteiger partial charge in [0.05, 0.1) is 12.0 Å². The monoisotopic (exact) mass is 291 g/mol. The molecule has 0 bridgehead atoms. The Bertz CT molecular complexity index is 485. The first-order chi connectivity index (χ1) is 9.96. The van der Waals surface area contributed by atoms with Crippen LogP contribution in [0.1, 0.15) is 45.2 Å². The van der Waals surface area contributed by atoms with Crippen LogP contribution in [0.25, 0.3) is 0 Å². The van der Waals surface area contributed by atoms with Crippen LogP contribution in [0.4, 0.5) is 0 Å². The zero-order chi connectivity index (χ0) is 15.5. The summed E-state index contributed by atoms with van der Waals surface area (Å²) in [5.74, 6) is 0.188. The van der Waals surface area contributed by atoms with Crippen molar-refractivity contribution >= 4 is 5.97 Å². The molecule has 1 heterocycles. The van der Waals surface area contributed by atoms with E-state index in [2.05, 4.69) is 24.0 Å². The van der Waals surface area contributed by atoms with Gasteiger partial charge >= 0.3 is 5.97 Å². The predicted molar refractivity (Wildman–Crippen MR) is 82.6 cm³/mol. The van der Waals surface area contributed by atoms with Crippen molar-refractivity contribution in [2.75, 3.05) is 19.7 Å². The lowest BCUT2D eigenvalue weighted by Crippen LogP contribution is -2.46. The number of carboxylic acid groups (broad SMARTS) is 1. The van der Waals surface area contributed by atoms with Gasteiger partial charge in [-0.3, -0.25) is 9.69 Å². The zero-order valence-corrected chi connectivity index (χ0v) is 13.1. The lowest BCUT2D eigenvalue weighted by molar-refractivity contribution is -0.151. The number of ether oxygens (including phenoxy) is 1. The van der Waals surface area contributed by atoms with E-state index in [1.165, 1.54) is 5.56 Å². The van der Waals surface area contributed by atoms with Gasteiger partial charge in [-0.15, -0.1) is 0 Å². The Labute approximate surface area is 126 Å². The lowest BCUT2D eigenvalue weighted by Gasteiger charge is -2.40. The van der Waals surface area contributed by atoms with Crippen molar-refractivity contribution in [2.24, 2.45) is 5.41 Å². The van der Waals surface area contributed by atoms with Crippen LogP contribution in [0.3, 0.4) is 0 Å². The van der Waals surface area contributed by atoms with E-state index < -0.39 is 11.4 Å². The summed E-state index contributed by atoms with van der Waals surface area (Å²) >= 11 is 0. The second-order valence-electron chi connectivity index (χ2n) is 6.12. The quantitative estimate of drug-likeness (QED) is 0.904. The SMILES string of the molecule is CCOc1ccc(C(C)N2CCCC(C)(C(=O)O)C2)cc1. The topological polar surface area (TPSA) is 49.8 Å². The predicted octanol–water partition coefficient (Wildman–Crippen LogP) is 3.33. The molecule has 1 aliphatic heterocycles. The summed E-state index contributed by atoms with van der Waals surface area (Å²) in [4.78, 5) is 13.7. The third kappa shape index (κ3) is 3.56. The van der Waals surface area contributed by atoms with Crippen molar-refractivity contribution in [3.8, 4) is 5.75 Å². The highest BCUT2D eigenvalue weighted by Crippen LogP contribution is 2.34. The number of aliphatic carboxylic acids is 1. The maximum atomic E-state index is 11.5. The molecule has 116 valence electrons. The minimum atomic E-state index is -0.689. The second kappa shape index (κ2) is 6.48. The highest BCUT2D eigenvalue weighted by atomic mass is 16.5. The minimum Gasteiger partial charge on any atom is -0.494 e. The summed E-state index contributed by atoms with van der Waals surface area (Å²) in [5.41, 5.74) is 0.575. The number of carbonyl (C=O) groups is 1. The Morgan fingerprint density at radius 1 is 1.43 bits per heavy atom. The zero-order valence-electron chi connectivity index (χ0n) is 13.1. The summed E-state index contributed by atoms with van der Waals surface area (Å²) in [7, 11) is 0. The van der Waals surface area contributed by atoms with E-state index in [4.69, 9.17) is 4.74 Å². The molecule has 2 atom stereocenters. The summed E-state index contributed by atoms with van der Waals surface area (Å²) in [6.45, 7) is 8.19. The van der Waals surface area contributed by atoms with Gasteiger partial charge in [0.1, 0.15) is 5.75 Å². The summed E-state index contributed by atoms with van der Waals surface area (Å²) in [5, 5.41) is 9.42. The molecule has 0 aliphatic carbocycles. The van der Waals surface area contributed by atoms with Crippen LogP contribution in [-0.2, 0) is 4.79 Å². The molecule has 0 aromatic heterocycles. The van der Waals surface area contributed by atoms with Gasteiger partial charge in [-0.2, -0.15) is 0 Å². The van der Waals surface area contributed by atoms with Crippen molar-refractivity contribution in [3.05, 3.63) is 29.8 Å². The fourth-order valence-electron chi connectivity index (χ4n) is 3.00. The number of rotatable bonds is 5. The average molecular weight is 291 g/mol. The Morgan fingerprint density at radius 2 is 2.10 bits per heavy atom. The molecule has 2 unspecified atom stereocenters. The molecule has 21 heavy (non-hydrogen) atoms. The highest BCUT2D eigenvalue weighted by Gasteiger charge is 2.39. The molecule has 1 aliphatic rings. The minimum absolute atomic E-state index is 0.222. The molecule has 1 N–H and O–H groups in total. The molecule has 1 aromatic carbocycles. The maximum absolute atomic E-state index is 11.5. The van der Waals surface area contributed by atoms with Crippen LogP contribution in [0.15, 0.2) is 24.3 Å². The maximum Gasteiger partial charge on any atom is 0.310 e. The molecule has 1 saturated heterocycles. The average Bonchev–Trinajstić information content (AvgIpc) is 2.47. The van der Waals surface area contributed by atoms with Gasteiger partial charge in [0.15, 0.2) is 0 Å². The molecule has 4 nitrogen and oxygen atoms in total. The molecule has 4 heteroatoms. The third-order valence-corrected chi connectivity index (χ3v) is 4.46. The Hall–Kier alpha value is -1.55. The molecule has 0 amide bonds. The number of piperidine rings is 1. The molecule has 2 rings (SSSR count). The number of hydrogen-bond donors (Lipinski definition) is 1. The van der Waals surface area contributed by atoms with E-state index >= 15 is 0 Å². The van der Waals surface area contributed by atoms with Gasteiger partial charge in [0.25, 0.3) is 0 Å². The van der Waals surface area contributed by atoms with Crippen LogP contribution < -0.4 is 4.74 Å². The van der Waals surface area contributed by atoms with Gasteiger partial charge in [-0.1, -0.05) is 12.1 Å². The third-order valence-electron chi connectivity index (χ3n) is 4.46. The van der Waals surface area contributed by atoms with E-state index in [0.717, 1.165) is 25.1 Å². The van der Waals surface area contributed by atoms with E-state index in [0.29, 0.717) is 13.2 Å². The number of nitrogens with zero attached hydrogens (tertiary/aromatic N) is 1. The fraction of sp³-hybridized carbons (Fsp3) is 0.588. The molecule has 0 spiro atoms. The van der Waals surface area contributed by atoms with Crippen LogP contribution in [0.5, 0.6) is 5.75 Å². The number of likely N-dealkylation sites (tertiary alicyclic amines) is 1. The standard InChI is InChI=1S/C17H25NO3/c1-4-21-15-8-6-14(7-9-15)13(2)18-11-5-10-17(3,12-18)16(19)20/h6-9,13H,4-5,10-12H2,1-3H3,(H,19,20). The first-order valence-electron chi connectivity index (χ1n) is 7.66. The van der Waals surface area contributed by atoms with Gasteiger partial charge in [-0.05, 0) is 57.9 Å². The smallest absolute Gasteiger partial charge is 0.310 e. The molecule has 1 aromatic rings. The molecular formula is C17H25NO3. The van der Waals surface area contributed by atoms with E-state index in [9.17, 15) is 9.90 Å². The van der Waals surface area contributed by atoms with Gasteiger partial charge in [-0.25, -0.2) is 0 Å². The number of hydrogen-bond acceptors (Lipinski definition) is 3. The van der Waals surface area contributed by atoms with Crippen molar-refractivity contribution in [1.29, 1.82) is 0 Å². The summed E-state index contributed by atoms with van der Waals surface area (Å²) in [6.07, 6.45) is 1.69. The van der Waals surface area contributed by atoms with Crippen LogP contribution in [0, 0.1) is 5.41 Å². The summed E-state index contributed by atoms with van der Waals surface area (Å²) in [6, 6.07) is 8.33. The van der Waals surface area contributed by atoms with E-state index in [-0.39, 0.29) is 6.04 Å². The highest BCUT2D eigenvalue weighted by molar-refractivity contribution is 5.74. The van der Waals surface area contributed by atoms with Crippen molar-refractivity contribution in [3.63, 3.8) is 0 Å². The molecule has 1 fully saturated rings. The number of benzene rings is 1. The second-order valence-corrected chi connectivity index (χ2v) is 6.12. The Kier molecular flexibility index (Phi) is 4.88. The van der Waals surface area contributed by atoms with Crippen molar-refractivity contribution < 1.29 is 14.6 Å². The Morgan fingerprint density at radius 3 is 2.67 bits per heavy atom. The van der Waals surface area contributed by atoms with E-state index in [1.807, 2.05) is 26.0 Å². The molecule has 0 radical (unpaired) electrons. The van der Waals surface area contributed by atoms with E-state index in [1.54, 1.807) is 0 Å². The molecule has 0 saturated carbocycles. The Balaban J connectivity index is 2.08. The van der Waals surface area contributed by atoms with Crippen molar-refractivity contribution in [1.82, 2.24) is 4.90 Å². The fourth-order valence-corrected chi connectivity index (χ4v) is 3.00.